The van der Waals surface area contributed by atoms with Crippen LogP contribution in [0.1, 0.15) is 41.0 Å². The van der Waals surface area contributed by atoms with Crippen molar-refractivity contribution in [3.05, 3.63) is 107 Å². The minimum absolute atomic E-state index is 0.0108. The lowest BCUT2D eigenvalue weighted by Gasteiger charge is -2.16. The third-order valence-corrected chi connectivity index (χ3v) is 6.43. The van der Waals surface area contributed by atoms with Crippen molar-refractivity contribution in [3.63, 3.8) is 0 Å². The van der Waals surface area contributed by atoms with Gasteiger partial charge in [-0.05, 0) is 49.1 Å². The normalized spacial score (nSPS) is 12.9. The molecular weight excluding hydrogens is 539 g/mol. The van der Waals surface area contributed by atoms with Crippen LogP contribution in [-0.2, 0) is 28.7 Å². The lowest BCUT2D eigenvalue weighted by molar-refractivity contribution is -0.140. The summed E-state index contributed by atoms with van der Waals surface area (Å²) in [6.07, 6.45) is -5.58. The van der Waals surface area contributed by atoms with E-state index in [1.54, 1.807) is 38.1 Å². The molecule has 4 aromatic rings. The molecule has 0 aliphatic heterocycles. The highest BCUT2D eigenvalue weighted by Gasteiger charge is 2.30. The number of carbonyl (C=O) groups excluding carboxylic acids is 1. The molecule has 3 aromatic carbocycles. The molecule has 1 heterocycles. The van der Waals surface area contributed by atoms with Crippen molar-refractivity contribution in [1.82, 2.24) is 10.5 Å². The number of carbonyl (C=O) groups is 2. The SMILES string of the molecule is Cc1noc(-c2ccc(CNC(Cc3ccc(C(F)(F)F)cc3)C(=O)O)cc2)c1NC(=O)O[C@H](C)c1ccccc1. The van der Waals surface area contributed by atoms with Crippen molar-refractivity contribution in [2.24, 2.45) is 0 Å². The smallest absolute Gasteiger partial charge is 0.416 e. The third-order valence-electron chi connectivity index (χ3n) is 6.43. The number of halogens is 3. The number of hydrogen-bond acceptors (Lipinski definition) is 6. The van der Waals surface area contributed by atoms with Crippen LogP contribution in [0.5, 0.6) is 0 Å². The number of nitrogens with one attached hydrogen (secondary N) is 2. The highest BCUT2D eigenvalue weighted by atomic mass is 19.4. The average Bonchev–Trinajstić information content (AvgIpc) is 3.30. The monoisotopic (exact) mass is 567 g/mol. The zero-order valence-corrected chi connectivity index (χ0v) is 22.2. The number of aryl methyl sites for hydroxylation is 1. The number of carboxylic acid groups (broad SMARTS) is 1. The summed E-state index contributed by atoms with van der Waals surface area (Å²) in [5, 5.41) is 19.2. The molecule has 4 rings (SSSR count). The summed E-state index contributed by atoms with van der Waals surface area (Å²) >= 11 is 0. The minimum atomic E-state index is -4.46. The first-order chi connectivity index (χ1) is 19.5. The summed E-state index contributed by atoms with van der Waals surface area (Å²) in [6, 6.07) is 19.7. The number of ether oxygens (including phenoxy) is 1. The van der Waals surface area contributed by atoms with Crippen molar-refractivity contribution in [1.29, 1.82) is 0 Å². The molecule has 1 unspecified atom stereocenters. The number of nitrogens with zero attached hydrogens (tertiary/aromatic N) is 1. The Balaban J connectivity index is 1.37. The molecule has 0 radical (unpaired) electrons. The van der Waals surface area contributed by atoms with Crippen LogP contribution in [0, 0.1) is 6.92 Å². The Morgan fingerprint density at radius 3 is 2.22 bits per heavy atom. The first-order valence-electron chi connectivity index (χ1n) is 12.7. The van der Waals surface area contributed by atoms with Gasteiger partial charge in [-0.1, -0.05) is 71.9 Å². The van der Waals surface area contributed by atoms with Crippen LogP contribution in [0.4, 0.5) is 23.7 Å². The molecule has 1 aromatic heterocycles. The second-order valence-corrected chi connectivity index (χ2v) is 9.42. The molecular formula is C30H28F3N3O5. The van der Waals surface area contributed by atoms with Gasteiger partial charge in [0.1, 0.15) is 23.5 Å². The Morgan fingerprint density at radius 1 is 0.976 bits per heavy atom. The van der Waals surface area contributed by atoms with Crippen LogP contribution >= 0.6 is 0 Å². The molecule has 0 saturated carbocycles. The maximum atomic E-state index is 12.8. The molecule has 0 aliphatic carbocycles. The summed E-state index contributed by atoms with van der Waals surface area (Å²) in [5.74, 6) is -0.792. The number of rotatable bonds is 10. The van der Waals surface area contributed by atoms with Crippen LogP contribution in [0.15, 0.2) is 83.4 Å². The first kappa shape index (κ1) is 29.3. The van der Waals surface area contributed by atoms with E-state index in [1.165, 1.54) is 12.1 Å². The van der Waals surface area contributed by atoms with Crippen LogP contribution in [-0.4, -0.2) is 28.4 Å². The van der Waals surface area contributed by atoms with E-state index in [9.17, 15) is 27.9 Å². The van der Waals surface area contributed by atoms with Gasteiger partial charge in [0.15, 0.2) is 5.76 Å². The number of benzene rings is 3. The Morgan fingerprint density at radius 2 is 1.61 bits per heavy atom. The average molecular weight is 568 g/mol. The van der Waals surface area contributed by atoms with E-state index < -0.39 is 35.9 Å². The van der Waals surface area contributed by atoms with Gasteiger partial charge in [0.25, 0.3) is 0 Å². The molecule has 214 valence electrons. The topological polar surface area (TPSA) is 114 Å². The van der Waals surface area contributed by atoms with Gasteiger partial charge in [0.05, 0.1) is 5.56 Å². The molecule has 1 amide bonds. The zero-order chi connectivity index (χ0) is 29.6. The molecule has 11 heteroatoms. The van der Waals surface area contributed by atoms with Gasteiger partial charge in [-0.3, -0.25) is 10.1 Å². The molecule has 3 N–H and O–H groups in total. The minimum Gasteiger partial charge on any atom is -0.480 e. The van der Waals surface area contributed by atoms with Crippen molar-refractivity contribution in [2.45, 2.75) is 45.1 Å². The highest BCUT2D eigenvalue weighted by molar-refractivity contribution is 5.90. The Labute approximate surface area is 234 Å². The van der Waals surface area contributed by atoms with Gasteiger partial charge in [0, 0.05) is 12.1 Å². The molecule has 2 atom stereocenters. The molecule has 0 spiro atoms. The van der Waals surface area contributed by atoms with E-state index in [2.05, 4.69) is 15.8 Å². The van der Waals surface area contributed by atoms with Crippen molar-refractivity contribution < 1.29 is 37.1 Å². The molecule has 41 heavy (non-hydrogen) atoms. The fraction of sp³-hybridized carbons (Fsp3) is 0.233. The van der Waals surface area contributed by atoms with Gasteiger partial charge in [-0.2, -0.15) is 13.2 Å². The quantitative estimate of drug-likeness (QED) is 0.194. The maximum Gasteiger partial charge on any atom is 0.416 e. The summed E-state index contributed by atoms with van der Waals surface area (Å²) in [7, 11) is 0. The molecule has 0 saturated heterocycles. The predicted octanol–water partition coefficient (Wildman–Crippen LogP) is 6.76. The number of hydrogen-bond donors (Lipinski definition) is 3. The zero-order valence-electron chi connectivity index (χ0n) is 22.2. The van der Waals surface area contributed by atoms with E-state index in [0.29, 0.717) is 28.3 Å². The third kappa shape index (κ3) is 7.73. The van der Waals surface area contributed by atoms with Gasteiger partial charge < -0.3 is 19.7 Å². The Kier molecular flexibility index (Phi) is 9.08. The number of aromatic nitrogens is 1. The van der Waals surface area contributed by atoms with Crippen molar-refractivity contribution in [3.8, 4) is 11.3 Å². The predicted molar refractivity (Wildman–Crippen MR) is 145 cm³/mol. The second kappa shape index (κ2) is 12.7. The van der Waals surface area contributed by atoms with Crippen LogP contribution in [0.25, 0.3) is 11.3 Å². The summed E-state index contributed by atoms with van der Waals surface area (Å²) in [6.45, 7) is 3.65. The van der Waals surface area contributed by atoms with E-state index in [0.717, 1.165) is 23.3 Å². The standard InChI is InChI=1S/C30H28F3N3O5/c1-18-26(35-29(39)40-19(2)22-6-4-3-5-7-22)27(41-36-18)23-12-8-21(9-13-23)17-34-25(28(37)38)16-20-10-14-24(15-11-20)30(31,32)33/h3-15,19,25,34H,16-17H2,1-2H3,(H,35,39)(H,37,38)/t19-,25?/m1/s1. The molecule has 0 aliphatic rings. The Hall–Kier alpha value is -4.64. The number of anilines is 1. The number of aliphatic carboxylic acids is 1. The largest absolute Gasteiger partial charge is 0.480 e. The van der Waals surface area contributed by atoms with Crippen LogP contribution in [0.2, 0.25) is 0 Å². The second-order valence-electron chi connectivity index (χ2n) is 9.42. The fourth-order valence-corrected chi connectivity index (χ4v) is 4.13. The van der Waals surface area contributed by atoms with Gasteiger partial charge >= 0.3 is 18.2 Å². The summed E-state index contributed by atoms with van der Waals surface area (Å²) in [5.41, 5.74) is 2.73. The van der Waals surface area contributed by atoms with E-state index in [1.807, 2.05) is 30.3 Å². The number of carboxylic acids is 1. The molecule has 0 fully saturated rings. The number of alkyl halides is 3. The van der Waals surface area contributed by atoms with Gasteiger partial charge in [-0.15, -0.1) is 0 Å². The molecule has 8 nitrogen and oxygen atoms in total. The van der Waals surface area contributed by atoms with Crippen LogP contribution in [0.3, 0.4) is 0 Å². The van der Waals surface area contributed by atoms with Crippen LogP contribution < -0.4 is 10.6 Å². The van der Waals surface area contributed by atoms with E-state index in [4.69, 9.17) is 9.26 Å². The van der Waals surface area contributed by atoms with Gasteiger partial charge in [0.2, 0.25) is 0 Å². The van der Waals surface area contributed by atoms with E-state index >= 15 is 0 Å². The summed E-state index contributed by atoms with van der Waals surface area (Å²) in [4.78, 5) is 24.3. The Bertz CT molecular complexity index is 1470. The number of amides is 1. The van der Waals surface area contributed by atoms with Gasteiger partial charge in [-0.25, -0.2) is 4.79 Å². The lowest BCUT2D eigenvalue weighted by Crippen LogP contribution is -2.38. The first-order valence-corrected chi connectivity index (χ1v) is 12.7. The lowest BCUT2D eigenvalue weighted by atomic mass is 10.0. The van der Waals surface area contributed by atoms with E-state index in [-0.39, 0.29) is 13.0 Å². The summed E-state index contributed by atoms with van der Waals surface area (Å²) < 4.78 is 49.3. The highest BCUT2D eigenvalue weighted by Crippen LogP contribution is 2.32. The molecule has 0 bridgehead atoms. The maximum absolute atomic E-state index is 12.8. The van der Waals surface area contributed by atoms with Crippen molar-refractivity contribution >= 4 is 17.7 Å². The van der Waals surface area contributed by atoms with Crippen molar-refractivity contribution in [2.75, 3.05) is 5.32 Å². The fourth-order valence-electron chi connectivity index (χ4n) is 4.13.